The Morgan fingerprint density at radius 3 is 2.70 bits per heavy atom. The van der Waals surface area contributed by atoms with Crippen molar-refractivity contribution in [3.63, 3.8) is 0 Å². The van der Waals surface area contributed by atoms with Crippen LogP contribution in [-0.4, -0.2) is 41.6 Å². The Labute approximate surface area is 136 Å². The SMILES string of the molecule is CC(=O)N[C@H]1CCN(c2nc(OCC(C)(C)C)nc(N)c2N)C1. The van der Waals surface area contributed by atoms with Crippen molar-refractivity contribution in [2.45, 2.75) is 40.2 Å². The lowest BCUT2D eigenvalue weighted by Crippen LogP contribution is -2.36. The highest BCUT2D eigenvalue weighted by atomic mass is 16.5. The maximum atomic E-state index is 11.2. The topological polar surface area (TPSA) is 119 Å². The van der Waals surface area contributed by atoms with Crippen molar-refractivity contribution in [1.82, 2.24) is 15.3 Å². The molecule has 2 rings (SSSR count). The van der Waals surface area contributed by atoms with Gasteiger partial charge in [0, 0.05) is 26.1 Å². The van der Waals surface area contributed by atoms with E-state index in [0.29, 0.717) is 24.7 Å². The average molecular weight is 322 g/mol. The first-order valence-electron chi connectivity index (χ1n) is 7.73. The second-order valence-corrected chi connectivity index (χ2v) is 7.11. The number of nitrogens with one attached hydrogen (secondary N) is 1. The largest absolute Gasteiger partial charge is 0.463 e. The molecule has 128 valence electrons. The molecule has 0 bridgehead atoms. The third-order valence-corrected chi connectivity index (χ3v) is 3.46. The minimum Gasteiger partial charge on any atom is -0.463 e. The monoisotopic (exact) mass is 322 g/mol. The number of ether oxygens (including phenoxy) is 1. The van der Waals surface area contributed by atoms with Gasteiger partial charge in [-0.25, -0.2) is 0 Å². The first-order chi connectivity index (χ1) is 10.7. The molecule has 1 aliphatic heterocycles. The molecule has 0 unspecified atom stereocenters. The molecule has 1 atom stereocenters. The van der Waals surface area contributed by atoms with Gasteiger partial charge in [-0.05, 0) is 11.8 Å². The normalized spacial score (nSPS) is 18.1. The smallest absolute Gasteiger partial charge is 0.320 e. The molecule has 1 aliphatic rings. The molecule has 8 nitrogen and oxygen atoms in total. The second kappa shape index (κ2) is 6.47. The van der Waals surface area contributed by atoms with E-state index in [1.807, 2.05) is 4.90 Å². The number of amides is 1. The van der Waals surface area contributed by atoms with Crippen LogP contribution in [0.2, 0.25) is 0 Å². The minimum absolute atomic E-state index is 0.0101. The van der Waals surface area contributed by atoms with Gasteiger partial charge in [-0.1, -0.05) is 20.8 Å². The van der Waals surface area contributed by atoms with Crippen LogP contribution in [0.3, 0.4) is 0 Å². The van der Waals surface area contributed by atoms with Crippen molar-refractivity contribution >= 4 is 23.2 Å². The zero-order chi connectivity index (χ0) is 17.2. The highest BCUT2D eigenvalue weighted by molar-refractivity contribution is 5.75. The van der Waals surface area contributed by atoms with Crippen LogP contribution in [0.25, 0.3) is 0 Å². The molecule has 1 amide bonds. The summed E-state index contributed by atoms with van der Waals surface area (Å²) in [4.78, 5) is 21.7. The summed E-state index contributed by atoms with van der Waals surface area (Å²) in [5.41, 5.74) is 12.3. The second-order valence-electron chi connectivity index (χ2n) is 7.11. The lowest BCUT2D eigenvalue weighted by atomic mass is 9.99. The standard InChI is InChI=1S/C15H26N6O2/c1-9(22)18-10-5-6-21(7-10)13-11(16)12(17)19-14(20-13)23-8-15(2,3)4/h10H,5-8,16H2,1-4H3,(H,18,22)(H2,17,19,20)/t10-/m0/s1. The van der Waals surface area contributed by atoms with Crippen LogP contribution in [0.15, 0.2) is 0 Å². The number of hydrogen-bond donors (Lipinski definition) is 3. The summed E-state index contributed by atoms with van der Waals surface area (Å²) in [6, 6.07) is 0.312. The van der Waals surface area contributed by atoms with Gasteiger partial charge in [0.15, 0.2) is 11.6 Å². The predicted octanol–water partition coefficient (Wildman–Crippen LogP) is 0.781. The Bertz CT molecular complexity index is 584. The van der Waals surface area contributed by atoms with E-state index in [0.717, 1.165) is 13.0 Å². The third kappa shape index (κ3) is 4.61. The molecule has 1 saturated heterocycles. The Balaban J connectivity index is 2.15. The lowest BCUT2D eigenvalue weighted by molar-refractivity contribution is -0.119. The van der Waals surface area contributed by atoms with Gasteiger partial charge in [0.2, 0.25) is 5.91 Å². The number of aromatic nitrogens is 2. The van der Waals surface area contributed by atoms with Gasteiger partial charge in [0.05, 0.1) is 6.61 Å². The van der Waals surface area contributed by atoms with Crippen LogP contribution in [0.5, 0.6) is 6.01 Å². The number of hydrogen-bond acceptors (Lipinski definition) is 7. The zero-order valence-corrected chi connectivity index (χ0v) is 14.2. The van der Waals surface area contributed by atoms with Crippen LogP contribution in [0.1, 0.15) is 34.1 Å². The van der Waals surface area contributed by atoms with Crippen molar-refractivity contribution in [3.8, 4) is 6.01 Å². The molecule has 1 fully saturated rings. The first-order valence-corrected chi connectivity index (χ1v) is 7.73. The number of nitrogen functional groups attached to an aromatic ring is 2. The van der Waals surface area contributed by atoms with Crippen molar-refractivity contribution in [3.05, 3.63) is 0 Å². The molecular formula is C15H26N6O2. The Morgan fingerprint density at radius 2 is 2.09 bits per heavy atom. The van der Waals surface area contributed by atoms with Crippen molar-refractivity contribution < 1.29 is 9.53 Å². The minimum atomic E-state index is -0.0405. The molecule has 0 aliphatic carbocycles. The number of rotatable bonds is 4. The van der Waals surface area contributed by atoms with E-state index in [1.165, 1.54) is 6.92 Å². The number of nitrogens with zero attached hydrogens (tertiary/aromatic N) is 3. The van der Waals surface area contributed by atoms with Crippen LogP contribution in [0, 0.1) is 5.41 Å². The molecule has 1 aromatic heterocycles. The van der Waals surface area contributed by atoms with Crippen molar-refractivity contribution in [1.29, 1.82) is 0 Å². The molecule has 0 spiro atoms. The van der Waals surface area contributed by atoms with E-state index < -0.39 is 0 Å². The van der Waals surface area contributed by atoms with Crippen LogP contribution in [-0.2, 0) is 4.79 Å². The summed E-state index contributed by atoms with van der Waals surface area (Å²) < 4.78 is 5.64. The fourth-order valence-electron chi connectivity index (χ4n) is 2.40. The summed E-state index contributed by atoms with van der Waals surface area (Å²) >= 11 is 0. The molecule has 5 N–H and O–H groups in total. The molecule has 2 heterocycles. The lowest BCUT2D eigenvalue weighted by Gasteiger charge is -2.22. The van der Waals surface area contributed by atoms with Gasteiger partial charge in [-0.3, -0.25) is 4.79 Å². The molecule has 1 aromatic rings. The molecule has 0 saturated carbocycles. The first kappa shape index (κ1) is 17.1. The van der Waals surface area contributed by atoms with Crippen LogP contribution < -0.4 is 26.4 Å². The fourth-order valence-corrected chi connectivity index (χ4v) is 2.40. The number of carbonyl (C=O) groups excluding carboxylic acids is 1. The van der Waals surface area contributed by atoms with E-state index >= 15 is 0 Å². The Hall–Kier alpha value is -2.25. The third-order valence-electron chi connectivity index (χ3n) is 3.46. The summed E-state index contributed by atoms with van der Waals surface area (Å²) in [6.45, 7) is 9.55. The maximum absolute atomic E-state index is 11.2. The van der Waals surface area contributed by atoms with Gasteiger partial charge in [0.1, 0.15) is 5.69 Å². The molecule has 8 heteroatoms. The summed E-state index contributed by atoms with van der Waals surface area (Å²) in [7, 11) is 0. The highest BCUT2D eigenvalue weighted by Gasteiger charge is 2.27. The number of anilines is 3. The maximum Gasteiger partial charge on any atom is 0.320 e. The molecule has 0 aromatic carbocycles. The van der Waals surface area contributed by atoms with Crippen LogP contribution >= 0.6 is 0 Å². The van der Waals surface area contributed by atoms with Gasteiger partial charge in [0.25, 0.3) is 0 Å². The zero-order valence-electron chi connectivity index (χ0n) is 14.2. The molecular weight excluding hydrogens is 296 g/mol. The van der Waals surface area contributed by atoms with E-state index in [9.17, 15) is 4.79 Å². The van der Waals surface area contributed by atoms with Gasteiger partial charge in [-0.2, -0.15) is 9.97 Å². The fraction of sp³-hybridized carbons (Fsp3) is 0.667. The average Bonchev–Trinajstić information content (AvgIpc) is 2.86. The molecule has 0 radical (unpaired) electrons. The highest BCUT2D eigenvalue weighted by Crippen LogP contribution is 2.30. The molecule has 23 heavy (non-hydrogen) atoms. The van der Waals surface area contributed by atoms with E-state index in [-0.39, 0.29) is 29.2 Å². The van der Waals surface area contributed by atoms with Gasteiger partial charge < -0.3 is 26.4 Å². The van der Waals surface area contributed by atoms with Crippen molar-refractivity contribution in [2.24, 2.45) is 5.41 Å². The van der Waals surface area contributed by atoms with Gasteiger partial charge in [-0.15, -0.1) is 0 Å². The van der Waals surface area contributed by atoms with E-state index in [2.05, 4.69) is 36.1 Å². The number of nitrogens with two attached hydrogens (primary N) is 2. The Kier molecular flexibility index (Phi) is 4.82. The van der Waals surface area contributed by atoms with E-state index in [4.69, 9.17) is 16.2 Å². The van der Waals surface area contributed by atoms with Gasteiger partial charge >= 0.3 is 6.01 Å². The van der Waals surface area contributed by atoms with Crippen LogP contribution in [0.4, 0.5) is 17.3 Å². The predicted molar refractivity (Wildman–Crippen MR) is 90.2 cm³/mol. The summed E-state index contributed by atoms with van der Waals surface area (Å²) in [5, 5.41) is 2.91. The summed E-state index contributed by atoms with van der Waals surface area (Å²) in [5.74, 6) is 0.734. The quantitative estimate of drug-likeness (QED) is 0.749. The van der Waals surface area contributed by atoms with E-state index in [1.54, 1.807) is 0 Å². The number of carbonyl (C=O) groups is 1. The van der Waals surface area contributed by atoms with Crippen molar-refractivity contribution in [2.75, 3.05) is 36.1 Å². The summed E-state index contributed by atoms with van der Waals surface area (Å²) in [6.07, 6.45) is 0.834. The Morgan fingerprint density at radius 1 is 1.39 bits per heavy atom.